The van der Waals surface area contributed by atoms with Crippen molar-refractivity contribution in [2.24, 2.45) is 5.92 Å². The molecule has 4 heteroatoms. The predicted octanol–water partition coefficient (Wildman–Crippen LogP) is 3.29. The zero-order valence-corrected chi connectivity index (χ0v) is 10.9. The molecule has 0 aromatic carbocycles. The van der Waals surface area contributed by atoms with Gasteiger partial charge in [0.25, 0.3) is 0 Å². The second-order valence-corrected chi connectivity index (χ2v) is 6.82. The van der Waals surface area contributed by atoms with Crippen molar-refractivity contribution in [3.05, 3.63) is 30.1 Å². The fraction of sp³-hybridized carbons (Fsp3) is 0.583. The molecule has 3 nitrogen and oxygen atoms in total. The van der Waals surface area contributed by atoms with Crippen molar-refractivity contribution in [1.82, 2.24) is 4.98 Å². The van der Waals surface area contributed by atoms with Crippen LogP contribution in [-0.2, 0) is 10.7 Å². The Morgan fingerprint density at radius 3 is 2.88 bits per heavy atom. The first-order valence-corrected chi connectivity index (χ1v) is 7.76. The first-order valence-electron chi connectivity index (χ1n) is 5.73. The minimum atomic E-state index is -3.04. The summed E-state index contributed by atoms with van der Waals surface area (Å²) in [5.74, 6) is 0.317. The summed E-state index contributed by atoms with van der Waals surface area (Å²) in [7, 11) is -3.04. The summed E-state index contributed by atoms with van der Waals surface area (Å²) in [6.07, 6.45) is 6.06. The third-order valence-corrected chi connectivity index (χ3v) is 4.58. The molecule has 1 aromatic rings. The van der Waals surface area contributed by atoms with Crippen LogP contribution < -0.4 is 0 Å². The number of nitrogens with zero attached hydrogens (tertiary/aromatic N) is 1. The van der Waals surface area contributed by atoms with E-state index in [-0.39, 0.29) is 6.16 Å². The summed E-state index contributed by atoms with van der Waals surface area (Å²) in [5.41, 5.74) is 0.844. The summed E-state index contributed by atoms with van der Waals surface area (Å²) >= 11 is 0. The van der Waals surface area contributed by atoms with Gasteiger partial charge >= 0.3 is 0 Å². The van der Waals surface area contributed by atoms with E-state index in [0.29, 0.717) is 12.1 Å². The largest absolute Gasteiger partial charge is 0.344 e. The molecule has 0 radical (unpaired) electrons. The average Bonchev–Trinajstić information content (AvgIpc) is 2.17. The minimum absolute atomic E-state index is 0.245. The smallest absolute Gasteiger partial charge is 0.205 e. The number of hydrogen-bond donors (Lipinski definition) is 1. The summed E-state index contributed by atoms with van der Waals surface area (Å²) in [6, 6.07) is 3.64. The van der Waals surface area contributed by atoms with Crippen molar-refractivity contribution in [1.29, 1.82) is 0 Å². The van der Waals surface area contributed by atoms with Crippen LogP contribution in [0.25, 0.3) is 0 Å². The molecular weight excluding hydrogens is 221 g/mol. The lowest BCUT2D eigenvalue weighted by Crippen LogP contribution is -2.04. The van der Waals surface area contributed by atoms with Crippen LogP contribution in [-0.4, -0.2) is 16.0 Å². The van der Waals surface area contributed by atoms with Gasteiger partial charge < -0.3 is 4.89 Å². The highest BCUT2D eigenvalue weighted by Crippen LogP contribution is 2.46. The lowest BCUT2D eigenvalue weighted by molar-refractivity contribution is 0.457. The van der Waals surface area contributed by atoms with Gasteiger partial charge in [0.15, 0.2) is 0 Å². The van der Waals surface area contributed by atoms with Gasteiger partial charge in [-0.3, -0.25) is 9.55 Å². The molecule has 0 fully saturated rings. The van der Waals surface area contributed by atoms with E-state index >= 15 is 0 Å². The predicted molar refractivity (Wildman–Crippen MR) is 66.7 cm³/mol. The molecule has 0 saturated carbocycles. The molecule has 0 aliphatic heterocycles. The van der Waals surface area contributed by atoms with Crippen LogP contribution in [0.15, 0.2) is 24.5 Å². The van der Waals surface area contributed by atoms with Gasteiger partial charge in [0, 0.05) is 18.6 Å². The van der Waals surface area contributed by atoms with Gasteiger partial charge in [0.2, 0.25) is 7.37 Å². The number of rotatable bonds is 6. The van der Waals surface area contributed by atoms with Gasteiger partial charge in [0.05, 0.1) is 6.16 Å². The molecule has 0 spiro atoms. The second kappa shape index (κ2) is 6.17. The summed E-state index contributed by atoms with van der Waals surface area (Å²) in [6.45, 7) is 4.13. The molecule has 1 heterocycles. The third kappa shape index (κ3) is 4.91. The summed E-state index contributed by atoms with van der Waals surface area (Å²) in [4.78, 5) is 13.8. The van der Waals surface area contributed by atoms with Gasteiger partial charge in [-0.1, -0.05) is 32.8 Å². The zero-order valence-electron chi connectivity index (χ0n) is 9.97. The van der Waals surface area contributed by atoms with Crippen LogP contribution in [0, 0.1) is 5.92 Å². The Hall–Kier alpha value is -0.660. The third-order valence-electron chi connectivity index (χ3n) is 2.53. The van der Waals surface area contributed by atoms with Gasteiger partial charge in [-0.25, -0.2) is 0 Å². The van der Waals surface area contributed by atoms with Crippen molar-refractivity contribution < 1.29 is 9.46 Å². The number of hydrogen-bond acceptors (Lipinski definition) is 2. The zero-order chi connectivity index (χ0) is 12.0. The maximum absolute atomic E-state index is 12.0. The van der Waals surface area contributed by atoms with Crippen LogP contribution in [0.2, 0.25) is 0 Å². The normalized spacial score (nSPS) is 16.7. The Labute approximate surface area is 97.4 Å². The highest BCUT2D eigenvalue weighted by atomic mass is 31.2. The van der Waals surface area contributed by atoms with E-state index in [1.807, 2.05) is 13.0 Å². The molecule has 0 amide bonds. The van der Waals surface area contributed by atoms with E-state index in [1.54, 1.807) is 18.5 Å². The Morgan fingerprint density at radius 1 is 1.56 bits per heavy atom. The van der Waals surface area contributed by atoms with Crippen LogP contribution >= 0.6 is 7.37 Å². The Balaban J connectivity index is 2.55. The van der Waals surface area contributed by atoms with Crippen LogP contribution in [0.3, 0.4) is 0 Å². The van der Waals surface area contributed by atoms with Crippen LogP contribution in [0.1, 0.15) is 32.3 Å². The fourth-order valence-corrected chi connectivity index (χ4v) is 3.96. The molecule has 2 unspecified atom stereocenters. The molecule has 90 valence electrons. The van der Waals surface area contributed by atoms with Crippen molar-refractivity contribution in [3.8, 4) is 0 Å². The Kier molecular flexibility index (Phi) is 5.17. The molecule has 16 heavy (non-hydrogen) atoms. The monoisotopic (exact) mass is 241 g/mol. The molecule has 0 bridgehead atoms. The second-order valence-electron chi connectivity index (χ2n) is 4.44. The highest BCUT2D eigenvalue weighted by Gasteiger charge is 2.21. The first kappa shape index (κ1) is 13.4. The average molecular weight is 241 g/mol. The molecular formula is C12H20NO2P. The standard InChI is InChI=1S/C12H20NO2P/c1-3-5-11(2)9-16(14,15)10-12-6-4-7-13-8-12/h4,6-8,11H,3,5,9-10H2,1-2H3,(H,14,15). The van der Waals surface area contributed by atoms with Crippen LogP contribution in [0.5, 0.6) is 0 Å². The SMILES string of the molecule is CCCC(C)CP(=O)(O)Cc1cccnc1. The Bertz CT molecular complexity index is 353. The summed E-state index contributed by atoms with van der Waals surface area (Å²) < 4.78 is 12.0. The lowest BCUT2D eigenvalue weighted by Gasteiger charge is -2.16. The molecule has 1 rings (SSSR count). The molecule has 0 aliphatic carbocycles. The maximum Gasteiger partial charge on any atom is 0.205 e. The van der Waals surface area contributed by atoms with E-state index < -0.39 is 7.37 Å². The van der Waals surface area contributed by atoms with Gasteiger partial charge in [-0.05, 0) is 17.5 Å². The van der Waals surface area contributed by atoms with Gasteiger partial charge in [0.1, 0.15) is 0 Å². The summed E-state index contributed by atoms with van der Waals surface area (Å²) in [5, 5.41) is 0. The highest BCUT2D eigenvalue weighted by molar-refractivity contribution is 7.57. The lowest BCUT2D eigenvalue weighted by atomic mass is 10.1. The van der Waals surface area contributed by atoms with Crippen LogP contribution in [0.4, 0.5) is 0 Å². The fourth-order valence-electron chi connectivity index (χ4n) is 1.91. The topological polar surface area (TPSA) is 50.2 Å². The number of pyridine rings is 1. The molecule has 0 saturated heterocycles. The van der Waals surface area contributed by atoms with E-state index in [1.165, 1.54) is 0 Å². The van der Waals surface area contributed by atoms with E-state index in [0.717, 1.165) is 18.4 Å². The van der Waals surface area contributed by atoms with Gasteiger partial charge in [-0.15, -0.1) is 0 Å². The van der Waals surface area contributed by atoms with E-state index in [2.05, 4.69) is 11.9 Å². The quantitative estimate of drug-likeness (QED) is 0.777. The van der Waals surface area contributed by atoms with Crippen molar-refractivity contribution >= 4 is 7.37 Å². The molecule has 1 aromatic heterocycles. The van der Waals surface area contributed by atoms with E-state index in [4.69, 9.17) is 0 Å². The first-order chi connectivity index (χ1) is 7.53. The molecule has 0 aliphatic rings. The number of aromatic nitrogens is 1. The molecule has 2 atom stereocenters. The van der Waals surface area contributed by atoms with E-state index in [9.17, 15) is 9.46 Å². The maximum atomic E-state index is 12.0. The Morgan fingerprint density at radius 2 is 2.31 bits per heavy atom. The van der Waals surface area contributed by atoms with Crippen molar-refractivity contribution in [2.45, 2.75) is 32.9 Å². The van der Waals surface area contributed by atoms with Gasteiger partial charge in [-0.2, -0.15) is 0 Å². The van der Waals surface area contributed by atoms with Crippen molar-refractivity contribution in [2.75, 3.05) is 6.16 Å². The van der Waals surface area contributed by atoms with Crippen molar-refractivity contribution in [3.63, 3.8) is 0 Å². The molecule has 1 N–H and O–H groups in total. The minimum Gasteiger partial charge on any atom is -0.344 e.